The molecule has 1 aliphatic heterocycles. The van der Waals surface area contributed by atoms with Gasteiger partial charge in [-0.25, -0.2) is 0 Å². The van der Waals surface area contributed by atoms with Gasteiger partial charge in [0.05, 0.1) is 5.39 Å². The van der Waals surface area contributed by atoms with Crippen LogP contribution in [0.5, 0.6) is 11.5 Å². The minimum absolute atomic E-state index is 0.194. The van der Waals surface area contributed by atoms with E-state index in [-0.39, 0.29) is 12.7 Å². The molecule has 0 saturated heterocycles. The van der Waals surface area contributed by atoms with E-state index < -0.39 is 0 Å². The van der Waals surface area contributed by atoms with E-state index in [0.29, 0.717) is 34.0 Å². The number of ether oxygens (including phenoxy) is 2. The molecular weight excluding hydrogens is 344 g/mol. The van der Waals surface area contributed by atoms with E-state index in [2.05, 4.69) is 10.5 Å². The molecule has 0 radical (unpaired) electrons. The summed E-state index contributed by atoms with van der Waals surface area (Å²) in [6.45, 7) is 0.194. The molecule has 0 spiro atoms. The van der Waals surface area contributed by atoms with E-state index in [1.54, 1.807) is 36.4 Å². The van der Waals surface area contributed by atoms with E-state index in [1.807, 2.05) is 30.3 Å². The van der Waals surface area contributed by atoms with Gasteiger partial charge >= 0.3 is 0 Å². The number of nitrogens with one attached hydrogen (secondary N) is 1. The van der Waals surface area contributed by atoms with Crippen LogP contribution in [-0.4, -0.2) is 17.9 Å². The van der Waals surface area contributed by atoms with Gasteiger partial charge in [-0.15, -0.1) is 0 Å². The van der Waals surface area contributed by atoms with Crippen LogP contribution in [0.4, 0.5) is 5.69 Å². The fourth-order valence-corrected chi connectivity index (χ4v) is 3.06. The van der Waals surface area contributed by atoms with Gasteiger partial charge in [-0.3, -0.25) is 4.79 Å². The molecule has 1 N–H and O–H groups in total. The first-order chi connectivity index (χ1) is 13.3. The first-order valence-electron chi connectivity index (χ1n) is 8.44. The van der Waals surface area contributed by atoms with Gasteiger partial charge in [0.25, 0.3) is 5.91 Å². The summed E-state index contributed by atoms with van der Waals surface area (Å²) >= 11 is 0. The standard InChI is InChI=1S/C21H14N2O4/c24-21(22-15-7-9-18-19(11-15)26-12-25-18)14-6-8-17-16(10-14)20(27-23-17)13-4-2-1-3-5-13/h1-11H,12H2,(H,22,24). The molecule has 4 aromatic rings. The van der Waals surface area contributed by atoms with Crippen LogP contribution in [0, 0.1) is 0 Å². The monoisotopic (exact) mass is 358 g/mol. The highest BCUT2D eigenvalue weighted by molar-refractivity contribution is 6.07. The second-order valence-electron chi connectivity index (χ2n) is 6.13. The molecule has 132 valence electrons. The maximum atomic E-state index is 12.7. The van der Waals surface area contributed by atoms with Crippen molar-refractivity contribution in [3.8, 4) is 22.8 Å². The highest BCUT2D eigenvalue weighted by Gasteiger charge is 2.16. The third kappa shape index (κ3) is 2.77. The van der Waals surface area contributed by atoms with Crippen LogP contribution >= 0.6 is 0 Å². The van der Waals surface area contributed by atoms with Crippen LogP contribution in [0.25, 0.3) is 22.2 Å². The van der Waals surface area contributed by atoms with Crippen LogP contribution in [0.2, 0.25) is 0 Å². The minimum atomic E-state index is -0.226. The number of hydrogen-bond acceptors (Lipinski definition) is 5. The smallest absolute Gasteiger partial charge is 0.255 e. The van der Waals surface area contributed by atoms with Crippen LogP contribution in [0.1, 0.15) is 10.4 Å². The number of rotatable bonds is 3. The number of aromatic nitrogens is 1. The average Bonchev–Trinajstić information content (AvgIpc) is 3.34. The van der Waals surface area contributed by atoms with Gasteiger partial charge in [-0.1, -0.05) is 35.5 Å². The molecule has 1 amide bonds. The number of carbonyl (C=O) groups excluding carboxylic acids is 1. The minimum Gasteiger partial charge on any atom is -0.454 e. The largest absolute Gasteiger partial charge is 0.454 e. The summed E-state index contributed by atoms with van der Waals surface area (Å²) < 4.78 is 16.1. The molecule has 1 aromatic heterocycles. The Morgan fingerprint density at radius 1 is 0.926 bits per heavy atom. The van der Waals surface area contributed by atoms with Gasteiger partial charge in [0.15, 0.2) is 17.3 Å². The number of hydrogen-bond donors (Lipinski definition) is 1. The third-order valence-electron chi connectivity index (χ3n) is 4.41. The molecule has 27 heavy (non-hydrogen) atoms. The predicted octanol–water partition coefficient (Wildman–Crippen LogP) is 4.48. The molecule has 0 saturated carbocycles. The van der Waals surface area contributed by atoms with Crippen molar-refractivity contribution in [2.24, 2.45) is 0 Å². The van der Waals surface area contributed by atoms with Gasteiger partial charge in [-0.2, -0.15) is 0 Å². The molecule has 5 rings (SSSR count). The van der Waals surface area contributed by atoms with E-state index >= 15 is 0 Å². The molecule has 0 atom stereocenters. The number of benzene rings is 3. The maximum absolute atomic E-state index is 12.7. The molecule has 6 nitrogen and oxygen atoms in total. The summed E-state index contributed by atoms with van der Waals surface area (Å²) in [6.07, 6.45) is 0. The molecule has 3 aromatic carbocycles. The zero-order chi connectivity index (χ0) is 18.2. The van der Waals surface area contributed by atoms with Crippen LogP contribution in [0.3, 0.4) is 0 Å². The Kier molecular flexibility index (Phi) is 3.53. The topological polar surface area (TPSA) is 73.6 Å². The molecule has 0 bridgehead atoms. The van der Waals surface area contributed by atoms with E-state index in [9.17, 15) is 4.79 Å². The van der Waals surface area contributed by atoms with Gasteiger partial charge in [0.2, 0.25) is 6.79 Å². The lowest BCUT2D eigenvalue weighted by Crippen LogP contribution is -2.11. The number of carbonyl (C=O) groups is 1. The van der Waals surface area contributed by atoms with Crippen LogP contribution in [-0.2, 0) is 0 Å². The Hall–Kier alpha value is -3.80. The van der Waals surface area contributed by atoms with E-state index in [1.165, 1.54) is 0 Å². The number of nitrogens with zero attached hydrogens (tertiary/aromatic N) is 1. The second kappa shape index (κ2) is 6.17. The maximum Gasteiger partial charge on any atom is 0.255 e. The lowest BCUT2D eigenvalue weighted by molar-refractivity contribution is 0.102. The van der Waals surface area contributed by atoms with Crippen molar-refractivity contribution in [3.63, 3.8) is 0 Å². The van der Waals surface area contributed by atoms with Crippen molar-refractivity contribution in [2.75, 3.05) is 12.1 Å². The Morgan fingerprint density at radius 3 is 2.67 bits per heavy atom. The Labute approximate surface area is 154 Å². The van der Waals surface area contributed by atoms with Crippen molar-refractivity contribution in [2.45, 2.75) is 0 Å². The summed E-state index contributed by atoms with van der Waals surface area (Å²) in [5.41, 5.74) is 2.76. The fourth-order valence-electron chi connectivity index (χ4n) is 3.06. The first kappa shape index (κ1) is 15.5. The molecule has 0 unspecified atom stereocenters. The molecule has 6 heteroatoms. The summed E-state index contributed by atoms with van der Waals surface area (Å²) in [5, 5.41) is 7.75. The highest BCUT2D eigenvalue weighted by Crippen LogP contribution is 2.34. The third-order valence-corrected chi connectivity index (χ3v) is 4.41. The molecule has 0 fully saturated rings. The lowest BCUT2D eigenvalue weighted by Gasteiger charge is -2.06. The fraction of sp³-hybridized carbons (Fsp3) is 0.0476. The zero-order valence-corrected chi connectivity index (χ0v) is 14.1. The Balaban J connectivity index is 1.47. The Morgan fingerprint density at radius 2 is 1.78 bits per heavy atom. The lowest BCUT2D eigenvalue weighted by atomic mass is 10.1. The zero-order valence-electron chi connectivity index (χ0n) is 14.1. The predicted molar refractivity (Wildman–Crippen MR) is 100.0 cm³/mol. The normalized spacial score (nSPS) is 12.3. The van der Waals surface area contributed by atoms with Crippen molar-refractivity contribution >= 4 is 22.5 Å². The van der Waals surface area contributed by atoms with Crippen LogP contribution < -0.4 is 14.8 Å². The van der Waals surface area contributed by atoms with Crippen LogP contribution in [0.15, 0.2) is 71.3 Å². The number of amides is 1. The summed E-state index contributed by atoms with van der Waals surface area (Å²) in [7, 11) is 0. The number of anilines is 1. The molecule has 2 heterocycles. The summed E-state index contributed by atoms with van der Waals surface area (Å²) in [6, 6.07) is 20.3. The van der Waals surface area contributed by atoms with Gasteiger partial charge < -0.3 is 19.3 Å². The Bertz CT molecular complexity index is 1150. The van der Waals surface area contributed by atoms with Gasteiger partial charge in [0, 0.05) is 22.9 Å². The van der Waals surface area contributed by atoms with Crippen molar-refractivity contribution < 1.29 is 18.8 Å². The first-order valence-corrected chi connectivity index (χ1v) is 8.44. The van der Waals surface area contributed by atoms with Crippen molar-refractivity contribution in [3.05, 3.63) is 72.3 Å². The quantitative estimate of drug-likeness (QED) is 0.585. The van der Waals surface area contributed by atoms with E-state index in [4.69, 9.17) is 14.0 Å². The van der Waals surface area contributed by atoms with Crippen molar-refractivity contribution in [1.29, 1.82) is 0 Å². The second-order valence-corrected chi connectivity index (χ2v) is 6.13. The van der Waals surface area contributed by atoms with E-state index in [0.717, 1.165) is 10.9 Å². The van der Waals surface area contributed by atoms with Gasteiger partial charge in [0.1, 0.15) is 5.52 Å². The molecule has 0 aliphatic carbocycles. The molecular formula is C21H14N2O4. The van der Waals surface area contributed by atoms with Crippen molar-refractivity contribution in [1.82, 2.24) is 5.16 Å². The molecule has 1 aliphatic rings. The average molecular weight is 358 g/mol. The van der Waals surface area contributed by atoms with Gasteiger partial charge in [-0.05, 0) is 30.3 Å². The summed E-state index contributed by atoms with van der Waals surface area (Å²) in [4.78, 5) is 12.7. The number of fused-ring (bicyclic) bond motifs is 2. The highest BCUT2D eigenvalue weighted by atomic mass is 16.7. The summed E-state index contributed by atoms with van der Waals surface area (Å²) in [5.74, 6) is 1.71. The SMILES string of the molecule is O=C(Nc1ccc2c(c1)OCO2)c1ccc2noc(-c3ccccc3)c2c1.